The molecular weight excluding hydrogens is 448 g/mol. The van der Waals surface area contributed by atoms with Crippen molar-refractivity contribution in [3.05, 3.63) is 107 Å². The van der Waals surface area contributed by atoms with Gasteiger partial charge in [0, 0.05) is 30.2 Å². The quantitative estimate of drug-likeness (QED) is 0.253. The number of amides is 1. The van der Waals surface area contributed by atoms with Gasteiger partial charge >= 0.3 is 0 Å². The number of pyridine rings is 1. The van der Waals surface area contributed by atoms with Crippen LogP contribution < -0.4 is 15.4 Å². The third-order valence-electron chi connectivity index (χ3n) is 5.26. The second-order valence-corrected chi connectivity index (χ2v) is 7.71. The van der Waals surface area contributed by atoms with Crippen molar-refractivity contribution in [2.45, 2.75) is 19.5 Å². The summed E-state index contributed by atoms with van der Waals surface area (Å²) in [5.74, 6) is 0.0148. The lowest BCUT2D eigenvalue weighted by molar-refractivity contribution is -0.384. The number of hydrogen-bond acceptors (Lipinski definition) is 7. The van der Waals surface area contributed by atoms with Crippen molar-refractivity contribution in [3.8, 4) is 5.75 Å². The molecule has 4 rings (SSSR count). The summed E-state index contributed by atoms with van der Waals surface area (Å²) < 4.78 is 7.71. The lowest BCUT2D eigenvalue weighted by Gasteiger charge is -2.16. The molecular formula is C25H24N6O4. The number of nitrogens with one attached hydrogen (secondary N) is 2. The van der Waals surface area contributed by atoms with Crippen LogP contribution >= 0.6 is 0 Å². The average molecular weight is 473 g/mol. The molecule has 178 valence electrons. The summed E-state index contributed by atoms with van der Waals surface area (Å²) in [5, 5.41) is 17.6. The standard InChI is InChI=1S/C25H24N6O4/c1-18(20-6-4-5-11-27-20)28-21-10-9-19(16-23(21)31(33)34)25(32)29-22-7-2-3-8-24(22)35-15-14-30-13-12-26-17-30/h2-13,16-18,28H,14-15H2,1H3,(H,29,32). The Hall–Kier alpha value is -4.73. The Bertz CT molecular complexity index is 1290. The third kappa shape index (κ3) is 5.99. The van der Waals surface area contributed by atoms with Gasteiger partial charge in [-0.2, -0.15) is 0 Å². The van der Waals surface area contributed by atoms with Crippen LogP contribution in [-0.2, 0) is 6.54 Å². The molecule has 0 fully saturated rings. The van der Waals surface area contributed by atoms with E-state index in [-0.39, 0.29) is 17.3 Å². The topological polar surface area (TPSA) is 124 Å². The minimum Gasteiger partial charge on any atom is -0.490 e. The van der Waals surface area contributed by atoms with Gasteiger partial charge in [-0.1, -0.05) is 18.2 Å². The number of nitro groups is 1. The van der Waals surface area contributed by atoms with Crippen LogP contribution in [0.5, 0.6) is 5.75 Å². The first-order valence-electron chi connectivity index (χ1n) is 11.0. The van der Waals surface area contributed by atoms with Crippen molar-refractivity contribution < 1.29 is 14.5 Å². The molecule has 35 heavy (non-hydrogen) atoms. The first-order valence-corrected chi connectivity index (χ1v) is 11.0. The maximum atomic E-state index is 12.9. The Labute approximate surface area is 201 Å². The Kier molecular flexibility index (Phi) is 7.31. The van der Waals surface area contributed by atoms with Gasteiger partial charge in [0.1, 0.15) is 18.0 Å². The predicted octanol–water partition coefficient (Wildman–Crippen LogP) is 4.69. The van der Waals surface area contributed by atoms with Crippen molar-refractivity contribution in [1.29, 1.82) is 0 Å². The van der Waals surface area contributed by atoms with Crippen LogP contribution in [0.15, 0.2) is 85.6 Å². The summed E-state index contributed by atoms with van der Waals surface area (Å²) in [5.41, 5.74) is 1.46. The summed E-state index contributed by atoms with van der Waals surface area (Å²) in [6, 6.07) is 16.6. The van der Waals surface area contributed by atoms with Crippen molar-refractivity contribution in [3.63, 3.8) is 0 Å². The number of imidazole rings is 1. The molecule has 10 nitrogen and oxygen atoms in total. The van der Waals surface area contributed by atoms with Crippen LogP contribution in [0, 0.1) is 10.1 Å². The number of nitrogens with zero attached hydrogens (tertiary/aromatic N) is 4. The molecule has 0 spiro atoms. The SMILES string of the molecule is CC(Nc1ccc(C(=O)Nc2ccccc2OCCn2ccnc2)cc1[N+](=O)[O-])c1ccccn1. The van der Waals surface area contributed by atoms with Gasteiger partial charge in [0.05, 0.1) is 35.2 Å². The number of hydrogen-bond donors (Lipinski definition) is 2. The van der Waals surface area contributed by atoms with E-state index in [4.69, 9.17) is 4.74 Å². The molecule has 0 radical (unpaired) electrons. The predicted molar refractivity (Wildman–Crippen MR) is 131 cm³/mol. The van der Waals surface area contributed by atoms with Gasteiger partial charge < -0.3 is 19.9 Å². The molecule has 2 aromatic heterocycles. The van der Waals surface area contributed by atoms with E-state index in [0.717, 1.165) is 5.69 Å². The van der Waals surface area contributed by atoms with E-state index in [1.807, 2.05) is 29.8 Å². The molecule has 2 N–H and O–H groups in total. The molecule has 0 aliphatic rings. The summed E-state index contributed by atoms with van der Waals surface area (Å²) in [4.78, 5) is 32.4. The van der Waals surface area contributed by atoms with Crippen LogP contribution in [0.1, 0.15) is 29.0 Å². The van der Waals surface area contributed by atoms with Gasteiger partial charge in [0.25, 0.3) is 11.6 Å². The number of ether oxygens (including phenoxy) is 1. The van der Waals surface area contributed by atoms with E-state index in [1.165, 1.54) is 12.1 Å². The van der Waals surface area contributed by atoms with Crippen LogP contribution in [0.2, 0.25) is 0 Å². The fourth-order valence-electron chi connectivity index (χ4n) is 3.46. The van der Waals surface area contributed by atoms with Gasteiger partial charge in [-0.05, 0) is 43.3 Å². The summed E-state index contributed by atoms with van der Waals surface area (Å²) in [6.07, 6.45) is 6.88. The van der Waals surface area contributed by atoms with Crippen molar-refractivity contribution in [2.24, 2.45) is 0 Å². The number of rotatable bonds is 10. The van der Waals surface area contributed by atoms with E-state index in [1.54, 1.807) is 55.1 Å². The molecule has 0 aliphatic heterocycles. The first-order chi connectivity index (χ1) is 17.0. The Morgan fingerprint density at radius 1 is 1.11 bits per heavy atom. The number of benzene rings is 2. The highest BCUT2D eigenvalue weighted by Gasteiger charge is 2.20. The molecule has 2 heterocycles. The largest absolute Gasteiger partial charge is 0.490 e. The minimum atomic E-state index is -0.516. The van der Waals surface area contributed by atoms with Crippen molar-refractivity contribution in [1.82, 2.24) is 14.5 Å². The molecule has 4 aromatic rings. The molecule has 1 atom stereocenters. The third-order valence-corrected chi connectivity index (χ3v) is 5.26. The van der Waals surface area contributed by atoms with Crippen LogP contribution in [0.3, 0.4) is 0 Å². The Balaban J connectivity index is 1.47. The van der Waals surface area contributed by atoms with Gasteiger partial charge in [-0.15, -0.1) is 0 Å². The highest BCUT2D eigenvalue weighted by atomic mass is 16.6. The number of carbonyl (C=O) groups is 1. The van der Waals surface area contributed by atoms with Crippen LogP contribution in [-0.4, -0.2) is 32.0 Å². The Morgan fingerprint density at radius 2 is 1.94 bits per heavy atom. The van der Waals surface area contributed by atoms with Gasteiger partial charge in [-0.3, -0.25) is 19.9 Å². The average Bonchev–Trinajstić information content (AvgIpc) is 3.39. The number of para-hydroxylation sites is 2. The van der Waals surface area contributed by atoms with Gasteiger partial charge in [-0.25, -0.2) is 4.98 Å². The van der Waals surface area contributed by atoms with Gasteiger partial charge in [0.2, 0.25) is 0 Å². The van der Waals surface area contributed by atoms with E-state index in [2.05, 4.69) is 20.6 Å². The zero-order valence-electron chi connectivity index (χ0n) is 19.0. The molecule has 1 amide bonds. The second-order valence-electron chi connectivity index (χ2n) is 7.71. The fourth-order valence-corrected chi connectivity index (χ4v) is 3.46. The minimum absolute atomic E-state index is 0.154. The first kappa shape index (κ1) is 23.4. The van der Waals surface area contributed by atoms with Crippen LogP contribution in [0.4, 0.5) is 17.1 Å². The molecule has 10 heteroatoms. The van der Waals surface area contributed by atoms with E-state index in [9.17, 15) is 14.9 Å². The highest BCUT2D eigenvalue weighted by molar-refractivity contribution is 6.05. The molecule has 0 saturated carbocycles. The van der Waals surface area contributed by atoms with Gasteiger partial charge in [0.15, 0.2) is 0 Å². The fraction of sp³-hybridized carbons (Fsp3) is 0.160. The van der Waals surface area contributed by atoms with Crippen molar-refractivity contribution in [2.75, 3.05) is 17.2 Å². The molecule has 2 aromatic carbocycles. The normalized spacial score (nSPS) is 11.5. The van der Waals surface area contributed by atoms with Crippen LogP contribution in [0.25, 0.3) is 0 Å². The smallest absolute Gasteiger partial charge is 0.293 e. The Morgan fingerprint density at radius 3 is 2.69 bits per heavy atom. The number of anilines is 2. The molecule has 0 saturated heterocycles. The molecule has 1 unspecified atom stereocenters. The number of aromatic nitrogens is 3. The molecule has 0 bridgehead atoms. The van der Waals surface area contributed by atoms with E-state index in [0.29, 0.717) is 30.3 Å². The summed E-state index contributed by atoms with van der Waals surface area (Å²) in [7, 11) is 0. The zero-order chi connectivity index (χ0) is 24.6. The maximum absolute atomic E-state index is 12.9. The maximum Gasteiger partial charge on any atom is 0.293 e. The monoisotopic (exact) mass is 472 g/mol. The van der Waals surface area contributed by atoms with Crippen molar-refractivity contribution >= 4 is 23.0 Å². The zero-order valence-corrected chi connectivity index (χ0v) is 19.0. The number of nitro benzene ring substituents is 1. The molecule has 0 aliphatic carbocycles. The van der Waals surface area contributed by atoms with E-state index >= 15 is 0 Å². The summed E-state index contributed by atoms with van der Waals surface area (Å²) in [6.45, 7) is 2.83. The summed E-state index contributed by atoms with van der Waals surface area (Å²) >= 11 is 0. The van der Waals surface area contributed by atoms with E-state index < -0.39 is 10.8 Å². The highest BCUT2D eigenvalue weighted by Crippen LogP contribution is 2.30. The lowest BCUT2D eigenvalue weighted by atomic mass is 10.1. The lowest BCUT2D eigenvalue weighted by Crippen LogP contribution is -2.15. The number of carbonyl (C=O) groups excluding carboxylic acids is 1. The second kappa shape index (κ2) is 10.9.